The number of rotatable bonds is 11. The zero-order valence-corrected chi connectivity index (χ0v) is 29.1. The second-order valence-corrected chi connectivity index (χ2v) is 14.6. The Bertz CT molecular complexity index is 1720. The van der Waals surface area contributed by atoms with Crippen molar-refractivity contribution in [1.82, 2.24) is 24.5 Å². The number of fused-ring (bicyclic) bond motifs is 3. The van der Waals surface area contributed by atoms with Crippen molar-refractivity contribution in [3.05, 3.63) is 53.7 Å². The van der Waals surface area contributed by atoms with Gasteiger partial charge >= 0.3 is 6.09 Å². The zero-order chi connectivity index (χ0) is 33.8. The van der Waals surface area contributed by atoms with Gasteiger partial charge in [0.15, 0.2) is 4.96 Å². The molecule has 4 heterocycles. The molecule has 258 valence electrons. The van der Waals surface area contributed by atoms with Gasteiger partial charge in [0.1, 0.15) is 24.1 Å². The Morgan fingerprint density at radius 3 is 2.56 bits per heavy atom. The van der Waals surface area contributed by atoms with E-state index in [0.29, 0.717) is 50.5 Å². The number of methoxy groups -OCH3 is 1. The van der Waals surface area contributed by atoms with E-state index in [9.17, 15) is 14.0 Å². The third-order valence-corrected chi connectivity index (χ3v) is 9.93. The number of ether oxygens (including phenoxy) is 3. The number of halogens is 1. The predicted octanol–water partition coefficient (Wildman–Crippen LogP) is 6.87. The molecule has 2 aromatic heterocycles. The minimum absolute atomic E-state index is 0.00791. The highest BCUT2D eigenvalue weighted by Gasteiger charge is 2.33. The van der Waals surface area contributed by atoms with Crippen molar-refractivity contribution in [2.24, 2.45) is 0 Å². The molecule has 0 spiro atoms. The molecule has 1 N–H and O–H groups in total. The number of benzene rings is 2. The van der Waals surface area contributed by atoms with E-state index < -0.39 is 11.8 Å². The molecule has 0 radical (unpaired) electrons. The van der Waals surface area contributed by atoms with Crippen LogP contribution < -0.4 is 10.1 Å². The molecule has 1 atom stereocenters. The fourth-order valence-corrected chi connectivity index (χ4v) is 7.48. The van der Waals surface area contributed by atoms with Crippen molar-refractivity contribution in [2.75, 3.05) is 53.0 Å². The summed E-state index contributed by atoms with van der Waals surface area (Å²) in [4.78, 5) is 36.0. The zero-order valence-electron chi connectivity index (χ0n) is 28.3. The minimum Gasteiger partial charge on any atom is -0.490 e. The Morgan fingerprint density at radius 2 is 1.83 bits per heavy atom. The predicted molar refractivity (Wildman–Crippen MR) is 186 cm³/mol. The van der Waals surface area contributed by atoms with Crippen LogP contribution in [-0.4, -0.2) is 96.0 Å². The van der Waals surface area contributed by atoms with Crippen molar-refractivity contribution in [3.63, 3.8) is 0 Å². The first-order valence-electron chi connectivity index (χ1n) is 16.9. The fourth-order valence-electron chi connectivity index (χ4n) is 6.45. The Morgan fingerprint density at radius 1 is 1.06 bits per heavy atom. The number of piperidine rings is 1. The first kappa shape index (κ1) is 34.1. The van der Waals surface area contributed by atoms with Crippen LogP contribution in [0.5, 0.6) is 5.75 Å². The van der Waals surface area contributed by atoms with Crippen LogP contribution in [0.3, 0.4) is 0 Å². The third kappa shape index (κ3) is 7.93. The van der Waals surface area contributed by atoms with Gasteiger partial charge in [0, 0.05) is 51.1 Å². The first-order valence-corrected chi connectivity index (χ1v) is 17.7. The molecule has 10 nitrogen and oxygen atoms in total. The Balaban J connectivity index is 1.17. The lowest BCUT2D eigenvalue weighted by Crippen LogP contribution is -2.36. The van der Waals surface area contributed by atoms with Crippen molar-refractivity contribution >= 4 is 38.5 Å². The summed E-state index contributed by atoms with van der Waals surface area (Å²) in [5.74, 6) is 0.304. The van der Waals surface area contributed by atoms with E-state index in [0.717, 1.165) is 70.9 Å². The maximum Gasteiger partial charge on any atom is 0.410 e. The standard InChI is InChI=1S/C36H46FN5O5S/c1-36(2,3)47-35(44)41-16-5-7-29(41)25-10-8-24(9-11-25)28-23-42-30-22-31(46-20-19-45-4)27(21-32(30)48-34(42)39-28)33(43)38-14-6-15-40-17-12-26(37)13-18-40/h8-11,21-23,26,29H,5-7,12-20H2,1-4H3,(H,38,43). The average molecular weight is 680 g/mol. The number of carbonyl (C=O) groups excluding carboxylic acids is 2. The topological polar surface area (TPSA) is 97.6 Å². The molecule has 6 rings (SSSR count). The lowest BCUT2D eigenvalue weighted by atomic mass is 10.0. The lowest BCUT2D eigenvalue weighted by Gasteiger charge is -2.28. The van der Waals surface area contributed by atoms with Crippen LogP contribution in [0, 0.1) is 0 Å². The van der Waals surface area contributed by atoms with Crippen LogP contribution in [0.4, 0.5) is 9.18 Å². The quantitative estimate of drug-likeness (QED) is 0.173. The number of hydrogen-bond acceptors (Lipinski definition) is 8. The maximum atomic E-state index is 13.5. The highest BCUT2D eigenvalue weighted by atomic mass is 32.1. The van der Waals surface area contributed by atoms with E-state index in [1.807, 2.05) is 48.4 Å². The monoisotopic (exact) mass is 679 g/mol. The van der Waals surface area contributed by atoms with Gasteiger partial charge in [-0.1, -0.05) is 35.6 Å². The number of aromatic nitrogens is 2. The summed E-state index contributed by atoms with van der Waals surface area (Å²) in [5.41, 5.74) is 3.75. The van der Waals surface area contributed by atoms with E-state index in [1.54, 1.807) is 7.11 Å². The smallest absolute Gasteiger partial charge is 0.410 e. The molecule has 2 saturated heterocycles. The van der Waals surface area contributed by atoms with Crippen LogP contribution in [0.1, 0.15) is 74.8 Å². The van der Waals surface area contributed by atoms with Gasteiger partial charge in [0.2, 0.25) is 0 Å². The summed E-state index contributed by atoms with van der Waals surface area (Å²) >= 11 is 1.52. The van der Waals surface area contributed by atoms with Crippen LogP contribution in [0.2, 0.25) is 0 Å². The summed E-state index contributed by atoms with van der Waals surface area (Å²) in [6.45, 7) is 9.97. The Kier molecular flexibility index (Phi) is 10.5. The fraction of sp³-hybridized carbons (Fsp3) is 0.528. The van der Waals surface area contributed by atoms with Gasteiger partial charge in [-0.15, -0.1) is 0 Å². The summed E-state index contributed by atoms with van der Waals surface area (Å²) in [6, 6.07) is 12.0. The summed E-state index contributed by atoms with van der Waals surface area (Å²) in [6.07, 6.45) is 4.87. The number of alkyl halides is 1. The van der Waals surface area contributed by atoms with Crippen LogP contribution >= 0.6 is 11.3 Å². The molecule has 1 unspecified atom stereocenters. The number of nitrogens with one attached hydrogen (secondary N) is 1. The van der Waals surface area contributed by atoms with Gasteiger partial charge in [0.05, 0.1) is 34.1 Å². The Labute approximate surface area is 285 Å². The number of imidazole rings is 1. The van der Waals surface area contributed by atoms with Gasteiger partial charge in [-0.05, 0) is 71.0 Å². The number of carbonyl (C=O) groups is 2. The summed E-state index contributed by atoms with van der Waals surface area (Å²) in [7, 11) is 1.61. The molecule has 2 fully saturated rings. The summed E-state index contributed by atoms with van der Waals surface area (Å²) < 4.78 is 33.3. The highest BCUT2D eigenvalue weighted by molar-refractivity contribution is 7.23. The van der Waals surface area contributed by atoms with Crippen LogP contribution in [0.25, 0.3) is 26.4 Å². The molecule has 12 heteroatoms. The molecule has 2 aromatic carbocycles. The van der Waals surface area contributed by atoms with Crippen LogP contribution in [-0.2, 0) is 9.47 Å². The number of likely N-dealkylation sites (tertiary alicyclic amines) is 2. The van der Waals surface area contributed by atoms with Gasteiger partial charge in [-0.25, -0.2) is 14.2 Å². The molecule has 2 amide bonds. The highest BCUT2D eigenvalue weighted by Crippen LogP contribution is 2.36. The molecular formula is C36H46FN5O5S. The van der Waals surface area contributed by atoms with Crippen molar-refractivity contribution < 1.29 is 28.2 Å². The van der Waals surface area contributed by atoms with Gasteiger partial charge in [-0.2, -0.15) is 0 Å². The van der Waals surface area contributed by atoms with Gasteiger partial charge < -0.3 is 29.3 Å². The third-order valence-electron chi connectivity index (χ3n) is 8.91. The second-order valence-electron chi connectivity index (χ2n) is 13.6. The molecule has 0 saturated carbocycles. The van der Waals surface area contributed by atoms with Gasteiger partial charge in [-0.3, -0.25) is 9.20 Å². The number of amides is 2. The number of nitrogens with zero attached hydrogens (tertiary/aromatic N) is 4. The van der Waals surface area contributed by atoms with Crippen molar-refractivity contribution in [2.45, 2.75) is 70.7 Å². The largest absolute Gasteiger partial charge is 0.490 e. The average Bonchev–Trinajstić information content (AvgIpc) is 3.79. The molecule has 2 aliphatic rings. The van der Waals surface area contributed by atoms with Crippen molar-refractivity contribution in [1.29, 1.82) is 0 Å². The first-order chi connectivity index (χ1) is 23.1. The molecule has 4 aromatic rings. The van der Waals surface area contributed by atoms with E-state index >= 15 is 0 Å². The maximum absolute atomic E-state index is 13.5. The molecule has 48 heavy (non-hydrogen) atoms. The number of hydrogen-bond donors (Lipinski definition) is 1. The van der Waals surface area contributed by atoms with Crippen LogP contribution in [0.15, 0.2) is 42.6 Å². The molecule has 0 bridgehead atoms. The minimum atomic E-state index is -0.688. The lowest BCUT2D eigenvalue weighted by molar-refractivity contribution is 0.0224. The number of thiazole rings is 1. The molecule has 0 aliphatic carbocycles. The van der Waals surface area contributed by atoms with E-state index in [4.69, 9.17) is 19.2 Å². The summed E-state index contributed by atoms with van der Waals surface area (Å²) in [5, 5.41) is 3.05. The van der Waals surface area contributed by atoms with E-state index in [2.05, 4.69) is 34.5 Å². The van der Waals surface area contributed by atoms with E-state index in [1.165, 1.54) is 11.3 Å². The molecule has 2 aliphatic heterocycles. The normalized spacial score (nSPS) is 17.8. The van der Waals surface area contributed by atoms with Gasteiger partial charge in [0.25, 0.3) is 5.91 Å². The molecular weight excluding hydrogens is 633 g/mol. The van der Waals surface area contributed by atoms with Crippen molar-refractivity contribution in [3.8, 4) is 17.0 Å². The second kappa shape index (κ2) is 14.8. The Hall–Kier alpha value is -3.74. The SMILES string of the molecule is COCCOc1cc2c(cc1C(=O)NCCCN1CCC(F)CC1)sc1nc(-c3ccc(C4CCCN4C(=O)OC(C)(C)C)cc3)cn12. The van der Waals surface area contributed by atoms with E-state index in [-0.39, 0.29) is 18.0 Å².